The average molecular weight is 249 g/mol. The molecule has 0 spiro atoms. The highest BCUT2D eigenvalue weighted by molar-refractivity contribution is 6.35. The molecule has 0 heterocycles. The molecule has 0 unspecified atom stereocenters. The summed E-state index contributed by atoms with van der Waals surface area (Å²) in [4.78, 5) is 12.1. The summed E-state index contributed by atoms with van der Waals surface area (Å²) < 4.78 is 0. The standard InChI is InChI=1S/C13H9ClO3/c14-10-7-12(16)11(15)6-9(10)13(17)8-4-2-1-3-5-8/h1-7,15-16H. The van der Waals surface area contributed by atoms with E-state index in [1.165, 1.54) is 0 Å². The van der Waals surface area contributed by atoms with Crippen LogP contribution in [0.3, 0.4) is 0 Å². The van der Waals surface area contributed by atoms with Gasteiger partial charge < -0.3 is 10.2 Å². The van der Waals surface area contributed by atoms with Gasteiger partial charge in [-0.25, -0.2) is 0 Å². The van der Waals surface area contributed by atoms with Crippen molar-refractivity contribution >= 4 is 17.4 Å². The molecular weight excluding hydrogens is 240 g/mol. The smallest absolute Gasteiger partial charge is 0.194 e. The predicted molar refractivity (Wildman–Crippen MR) is 64.7 cm³/mol. The lowest BCUT2D eigenvalue weighted by atomic mass is 10.0. The van der Waals surface area contributed by atoms with Gasteiger partial charge in [0.2, 0.25) is 0 Å². The van der Waals surface area contributed by atoms with Crippen molar-refractivity contribution < 1.29 is 15.0 Å². The predicted octanol–water partition coefficient (Wildman–Crippen LogP) is 2.98. The van der Waals surface area contributed by atoms with Gasteiger partial charge in [-0.05, 0) is 6.07 Å². The quantitative estimate of drug-likeness (QED) is 0.635. The van der Waals surface area contributed by atoms with Crippen LogP contribution in [0.4, 0.5) is 0 Å². The first-order chi connectivity index (χ1) is 8.09. The van der Waals surface area contributed by atoms with E-state index in [0.29, 0.717) is 5.56 Å². The minimum Gasteiger partial charge on any atom is -0.504 e. The van der Waals surface area contributed by atoms with Crippen LogP contribution in [0, 0.1) is 0 Å². The fraction of sp³-hybridized carbons (Fsp3) is 0. The number of ketones is 1. The Bertz CT molecular complexity index is 564. The number of benzene rings is 2. The maximum Gasteiger partial charge on any atom is 0.194 e. The monoisotopic (exact) mass is 248 g/mol. The van der Waals surface area contributed by atoms with Gasteiger partial charge in [-0.1, -0.05) is 41.9 Å². The Balaban J connectivity index is 2.48. The molecule has 0 atom stereocenters. The second-order valence-electron chi connectivity index (χ2n) is 3.52. The van der Waals surface area contributed by atoms with Crippen LogP contribution in [-0.2, 0) is 0 Å². The van der Waals surface area contributed by atoms with Crippen molar-refractivity contribution in [1.82, 2.24) is 0 Å². The summed E-state index contributed by atoms with van der Waals surface area (Å²) in [5.41, 5.74) is 0.632. The molecule has 0 saturated heterocycles. The van der Waals surface area contributed by atoms with E-state index in [9.17, 15) is 15.0 Å². The normalized spacial score (nSPS) is 10.2. The highest BCUT2D eigenvalue weighted by Gasteiger charge is 2.15. The molecule has 0 aromatic heterocycles. The highest BCUT2D eigenvalue weighted by atomic mass is 35.5. The highest BCUT2D eigenvalue weighted by Crippen LogP contribution is 2.32. The van der Waals surface area contributed by atoms with Crippen LogP contribution in [0.15, 0.2) is 42.5 Å². The Hall–Kier alpha value is -2.00. The van der Waals surface area contributed by atoms with Crippen molar-refractivity contribution in [1.29, 1.82) is 0 Å². The maximum atomic E-state index is 12.1. The van der Waals surface area contributed by atoms with Crippen LogP contribution in [0.5, 0.6) is 11.5 Å². The van der Waals surface area contributed by atoms with Crippen molar-refractivity contribution in [3.63, 3.8) is 0 Å². The Morgan fingerprint density at radius 1 is 1.00 bits per heavy atom. The molecule has 0 aliphatic carbocycles. The molecular formula is C13H9ClO3. The van der Waals surface area contributed by atoms with Gasteiger partial charge in [0.25, 0.3) is 0 Å². The van der Waals surface area contributed by atoms with Crippen molar-refractivity contribution in [2.45, 2.75) is 0 Å². The van der Waals surface area contributed by atoms with E-state index in [0.717, 1.165) is 12.1 Å². The van der Waals surface area contributed by atoms with E-state index in [1.807, 2.05) is 0 Å². The van der Waals surface area contributed by atoms with E-state index in [4.69, 9.17) is 11.6 Å². The molecule has 3 nitrogen and oxygen atoms in total. The van der Waals surface area contributed by atoms with Gasteiger partial charge >= 0.3 is 0 Å². The maximum absolute atomic E-state index is 12.1. The number of hydrogen-bond acceptors (Lipinski definition) is 3. The molecule has 0 aliphatic rings. The van der Waals surface area contributed by atoms with E-state index in [2.05, 4.69) is 0 Å². The average Bonchev–Trinajstić information content (AvgIpc) is 2.34. The molecule has 0 amide bonds. The third kappa shape index (κ3) is 2.24. The summed E-state index contributed by atoms with van der Waals surface area (Å²) >= 11 is 5.85. The van der Waals surface area contributed by atoms with Gasteiger partial charge in [-0.2, -0.15) is 0 Å². The second-order valence-corrected chi connectivity index (χ2v) is 3.92. The summed E-state index contributed by atoms with van der Waals surface area (Å²) in [5, 5.41) is 18.7. The zero-order chi connectivity index (χ0) is 12.4. The van der Waals surface area contributed by atoms with Crippen molar-refractivity contribution in [3.05, 3.63) is 58.6 Å². The third-order valence-corrected chi connectivity index (χ3v) is 2.66. The molecule has 0 saturated carbocycles. The largest absolute Gasteiger partial charge is 0.504 e. The van der Waals surface area contributed by atoms with E-state index >= 15 is 0 Å². The molecule has 4 heteroatoms. The minimum absolute atomic E-state index is 0.106. The van der Waals surface area contributed by atoms with Crippen molar-refractivity contribution in [3.8, 4) is 11.5 Å². The lowest BCUT2D eigenvalue weighted by Crippen LogP contribution is -2.01. The summed E-state index contributed by atoms with van der Waals surface area (Å²) in [6.45, 7) is 0. The molecule has 0 fully saturated rings. The van der Waals surface area contributed by atoms with Gasteiger partial charge in [0.05, 0.1) is 5.02 Å². The van der Waals surface area contributed by atoms with Crippen LogP contribution in [0.2, 0.25) is 5.02 Å². The number of phenolic OH excluding ortho intramolecular Hbond substituents is 2. The number of phenols is 2. The minimum atomic E-state index is -0.367. The summed E-state index contributed by atoms with van der Waals surface area (Å²) in [5.74, 6) is -1.01. The first-order valence-corrected chi connectivity index (χ1v) is 5.28. The second kappa shape index (κ2) is 4.47. The fourth-order valence-corrected chi connectivity index (χ4v) is 1.71. The fourth-order valence-electron chi connectivity index (χ4n) is 1.47. The molecule has 17 heavy (non-hydrogen) atoms. The number of rotatable bonds is 2. The molecule has 2 aromatic carbocycles. The van der Waals surface area contributed by atoms with Gasteiger partial charge in [0, 0.05) is 17.2 Å². The van der Waals surface area contributed by atoms with Crippen LogP contribution in [0.25, 0.3) is 0 Å². The Morgan fingerprint density at radius 2 is 1.59 bits per heavy atom. The molecule has 86 valence electrons. The van der Waals surface area contributed by atoms with E-state index in [1.54, 1.807) is 30.3 Å². The summed E-state index contributed by atoms with van der Waals surface area (Å²) in [7, 11) is 0. The van der Waals surface area contributed by atoms with E-state index < -0.39 is 0 Å². The third-order valence-electron chi connectivity index (χ3n) is 2.34. The zero-order valence-electron chi connectivity index (χ0n) is 8.72. The van der Waals surface area contributed by atoms with E-state index in [-0.39, 0.29) is 27.9 Å². The number of halogens is 1. The molecule has 2 aromatic rings. The lowest BCUT2D eigenvalue weighted by Gasteiger charge is -2.05. The van der Waals surface area contributed by atoms with Crippen molar-refractivity contribution in [2.75, 3.05) is 0 Å². The molecule has 2 N–H and O–H groups in total. The SMILES string of the molecule is O=C(c1ccccc1)c1cc(O)c(O)cc1Cl. The molecule has 2 rings (SSSR count). The Kier molecular flexibility index (Phi) is 3.02. The van der Waals surface area contributed by atoms with Gasteiger partial charge in [0.15, 0.2) is 17.3 Å². The lowest BCUT2D eigenvalue weighted by molar-refractivity contribution is 0.103. The van der Waals surface area contributed by atoms with Gasteiger partial charge in [-0.15, -0.1) is 0 Å². The topological polar surface area (TPSA) is 57.5 Å². The number of aromatic hydroxyl groups is 2. The van der Waals surface area contributed by atoms with Crippen LogP contribution < -0.4 is 0 Å². The van der Waals surface area contributed by atoms with Crippen molar-refractivity contribution in [2.24, 2.45) is 0 Å². The number of carbonyl (C=O) groups excluding carboxylic acids is 1. The van der Waals surface area contributed by atoms with Crippen LogP contribution in [-0.4, -0.2) is 16.0 Å². The first kappa shape index (κ1) is 11.5. The van der Waals surface area contributed by atoms with Crippen LogP contribution in [0.1, 0.15) is 15.9 Å². The summed E-state index contributed by atoms with van der Waals surface area (Å²) in [6, 6.07) is 10.9. The molecule has 0 aliphatic heterocycles. The van der Waals surface area contributed by atoms with Crippen LogP contribution >= 0.6 is 11.6 Å². The summed E-state index contributed by atoms with van der Waals surface area (Å²) in [6.07, 6.45) is 0. The number of hydrogen-bond donors (Lipinski definition) is 2. The molecule has 0 radical (unpaired) electrons. The Labute approximate surface area is 103 Å². The zero-order valence-corrected chi connectivity index (χ0v) is 9.48. The molecule has 0 bridgehead atoms. The first-order valence-electron chi connectivity index (χ1n) is 4.91. The van der Waals surface area contributed by atoms with Gasteiger partial charge in [-0.3, -0.25) is 4.79 Å². The van der Waals surface area contributed by atoms with Gasteiger partial charge in [0.1, 0.15) is 0 Å². The number of carbonyl (C=O) groups is 1. The Morgan fingerprint density at radius 3 is 2.24 bits per heavy atom.